The lowest BCUT2D eigenvalue weighted by Crippen LogP contribution is -2.37. The van der Waals surface area contributed by atoms with Gasteiger partial charge in [-0.2, -0.15) is 0 Å². The minimum Gasteiger partial charge on any atom is -0.353 e. The number of amides is 1. The van der Waals surface area contributed by atoms with Gasteiger partial charge in [0.05, 0.1) is 5.75 Å². The predicted octanol–water partition coefficient (Wildman–Crippen LogP) is 4.13. The molecule has 0 atom stereocenters. The Morgan fingerprint density at radius 2 is 1.89 bits per heavy atom. The fourth-order valence-corrected chi connectivity index (χ4v) is 3.42. The van der Waals surface area contributed by atoms with Crippen LogP contribution in [0, 0.1) is 0 Å². The molecule has 0 spiro atoms. The highest BCUT2D eigenvalue weighted by molar-refractivity contribution is 9.10. The molecule has 1 amide bonds. The van der Waals surface area contributed by atoms with E-state index >= 15 is 0 Å². The summed E-state index contributed by atoms with van der Waals surface area (Å²) in [5.74, 6) is 1.65. The van der Waals surface area contributed by atoms with Gasteiger partial charge in [-0.1, -0.05) is 47.3 Å². The average molecular weight is 342 g/mol. The van der Waals surface area contributed by atoms with Crippen LogP contribution in [-0.2, 0) is 10.5 Å². The molecule has 0 unspecified atom stereocenters. The number of halogens is 1. The highest BCUT2D eigenvalue weighted by Gasteiger charge is 2.15. The summed E-state index contributed by atoms with van der Waals surface area (Å²) in [6, 6.07) is 8.69. The fourth-order valence-electron chi connectivity index (χ4n) is 2.36. The first-order valence-corrected chi connectivity index (χ1v) is 8.80. The van der Waals surface area contributed by atoms with E-state index in [-0.39, 0.29) is 5.91 Å². The molecular formula is C15H20BrNOS. The number of rotatable bonds is 5. The zero-order valence-corrected chi connectivity index (χ0v) is 13.4. The Morgan fingerprint density at radius 3 is 2.58 bits per heavy atom. The Labute approximate surface area is 127 Å². The topological polar surface area (TPSA) is 29.1 Å². The Bertz CT molecular complexity index is 401. The molecule has 1 fully saturated rings. The lowest BCUT2D eigenvalue weighted by Gasteiger charge is -2.22. The van der Waals surface area contributed by atoms with E-state index in [2.05, 4.69) is 33.4 Å². The van der Waals surface area contributed by atoms with Crippen molar-refractivity contribution >= 4 is 33.6 Å². The van der Waals surface area contributed by atoms with E-state index < -0.39 is 0 Å². The molecule has 2 nitrogen and oxygen atoms in total. The minimum absolute atomic E-state index is 0.189. The van der Waals surface area contributed by atoms with Crippen LogP contribution >= 0.6 is 27.7 Å². The number of nitrogens with one attached hydrogen (secondary N) is 1. The zero-order valence-electron chi connectivity index (χ0n) is 11.0. The van der Waals surface area contributed by atoms with Crippen molar-refractivity contribution < 1.29 is 4.79 Å². The molecule has 0 saturated heterocycles. The van der Waals surface area contributed by atoms with E-state index in [1.807, 2.05) is 12.1 Å². The van der Waals surface area contributed by atoms with Crippen LogP contribution in [0.15, 0.2) is 28.7 Å². The van der Waals surface area contributed by atoms with E-state index in [1.165, 1.54) is 24.8 Å². The smallest absolute Gasteiger partial charge is 0.230 e. The summed E-state index contributed by atoms with van der Waals surface area (Å²) < 4.78 is 1.09. The molecule has 1 saturated carbocycles. The van der Waals surface area contributed by atoms with Crippen molar-refractivity contribution in [2.24, 2.45) is 0 Å². The molecule has 4 heteroatoms. The van der Waals surface area contributed by atoms with Gasteiger partial charge in [-0.3, -0.25) is 4.79 Å². The summed E-state index contributed by atoms with van der Waals surface area (Å²) in [4.78, 5) is 11.8. The van der Waals surface area contributed by atoms with E-state index in [9.17, 15) is 4.79 Å². The van der Waals surface area contributed by atoms with Crippen LogP contribution in [0.5, 0.6) is 0 Å². The van der Waals surface area contributed by atoms with E-state index in [4.69, 9.17) is 0 Å². The van der Waals surface area contributed by atoms with Crippen molar-refractivity contribution in [3.63, 3.8) is 0 Å². The van der Waals surface area contributed by atoms with Gasteiger partial charge in [-0.15, -0.1) is 11.8 Å². The number of thioether (sulfide) groups is 1. The highest BCUT2D eigenvalue weighted by atomic mass is 79.9. The molecular weight excluding hydrogens is 322 g/mol. The van der Waals surface area contributed by atoms with Gasteiger partial charge in [-0.25, -0.2) is 0 Å². The van der Waals surface area contributed by atoms with Crippen molar-refractivity contribution in [2.75, 3.05) is 5.75 Å². The molecule has 19 heavy (non-hydrogen) atoms. The van der Waals surface area contributed by atoms with Crippen molar-refractivity contribution in [3.05, 3.63) is 34.3 Å². The summed E-state index contributed by atoms with van der Waals surface area (Å²) in [5, 5.41) is 3.15. The second-order valence-electron chi connectivity index (χ2n) is 5.02. The largest absolute Gasteiger partial charge is 0.353 e. The van der Waals surface area contributed by atoms with Crippen LogP contribution in [0.1, 0.15) is 37.7 Å². The van der Waals surface area contributed by atoms with Gasteiger partial charge in [0, 0.05) is 16.3 Å². The molecule has 1 aromatic rings. The second kappa shape index (κ2) is 7.95. The quantitative estimate of drug-likeness (QED) is 0.872. The Hall–Kier alpha value is -0.480. The lowest BCUT2D eigenvalue weighted by atomic mass is 9.95. The van der Waals surface area contributed by atoms with Gasteiger partial charge >= 0.3 is 0 Å². The summed E-state index contributed by atoms with van der Waals surface area (Å²) in [6.07, 6.45) is 6.16. The van der Waals surface area contributed by atoms with Gasteiger partial charge < -0.3 is 5.32 Å². The van der Waals surface area contributed by atoms with Crippen molar-refractivity contribution in [1.82, 2.24) is 5.32 Å². The monoisotopic (exact) mass is 341 g/mol. The highest BCUT2D eigenvalue weighted by Crippen LogP contribution is 2.18. The predicted molar refractivity (Wildman–Crippen MR) is 85.3 cm³/mol. The van der Waals surface area contributed by atoms with Crippen molar-refractivity contribution in [3.8, 4) is 0 Å². The maximum absolute atomic E-state index is 11.8. The first kappa shape index (κ1) is 14.9. The third-order valence-electron chi connectivity index (χ3n) is 3.39. The maximum atomic E-state index is 11.8. The molecule has 0 radical (unpaired) electrons. The standard InChI is InChI=1S/C15H20BrNOS/c16-13-8-6-12(7-9-13)10-19-11-15(18)17-14-4-2-1-3-5-14/h6-9,14H,1-5,10-11H2,(H,17,18). The SMILES string of the molecule is O=C(CSCc1ccc(Br)cc1)NC1CCCCC1. The zero-order chi connectivity index (χ0) is 13.5. The molecule has 1 N–H and O–H groups in total. The Balaban J connectivity index is 1.64. The fraction of sp³-hybridized carbons (Fsp3) is 0.533. The van der Waals surface area contributed by atoms with E-state index in [0.717, 1.165) is 23.1 Å². The minimum atomic E-state index is 0.189. The van der Waals surface area contributed by atoms with Crippen molar-refractivity contribution in [1.29, 1.82) is 0 Å². The summed E-state index contributed by atoms with van der Waals surface area (Å²) in [7, 11) is 0. The Morgan fingerprint density at radius 1 is 1.21 bits per heavy atom. The third kappa shape index (κ3) is 5.57. The second-order valence-corrected chi connectivity index (χ2v) is 6.92. The molecule has 2 rings (SSSR count). The van der Waals surface area contributed by atoms with Crippen LogP contribution in [0.2, 0.25) is 0 Å². The molecule has 0 bridgehead atoms. The summed E-state index contributed by atoms with van der Waals surface area (Å²) in [5.41, 5.74) is 1.26. The van der Waals surface area contributed by atoms with Crippen LogP contribution in [0.4, 0.5) is 0 Å². The molecule has 0 heterocycles. The normalized spacial score (nSPS) is 16.3. The van der Waals surface area contributed by atoms with Gasteiger partial charge in [0.2, 0.25) is 5.91 Å². The van der Waals surface area contributed by atoms with Crippen molar-refractivity contribution in [2.45, 2.75) is 43.9 Å². The number of hydrogen-bond donors (Lipinski definition) is 1. The van der Waals surface area contributed by atoms with Gasteiger partial charge in [0.1, 0.15) is 0 Å². The number of benzene rings is 1. The first-order chi connectivity index (χ1) is 9.24. The average Bonchev–Trinajstić information content (AvgIpc) is 2.42. The number of carbonyl (C=O) groups excluding carboxylic acids is 1. The molecule has 0 aromatic heterocycles. The van der Waals surface area contributed by atoms with Crippen LogP contribution in [0.3, 0.4) is 0 Å². The van der Waals surface area contributed by atoms with Crippen LogP contribution < -0.4 is 5.32 Å². The third-order valence-corrected chi connectivity index (χ3v) is 4.92. The van der Waals surface area contributed by atoms with E-state index in [0.29, 0.717) is 11.8 Å². The number of carbonyl (C=O) groups is 1. The van der Waals surface area contributed by atoms with Crippen LogP contribution in [-0.4, -0.2) is 17.7 Å². The van der Waals surface area contributed by atoms with Crippen LogP contribution in [0.25, 0.3) is 0 Å². The van der Waals surface area contributed by atoms with Gasteiger partial charge in [0.25, 0.3) is 0 Å². The Kier molecular flexibility index (Phi) is 6.24. The van der Waals surface area contributed by atoms with Gasteiger partial charge in [-0.05, 0) is 30.5 Å². The molecule has 104 valence electrons. The molecule has 1 aliphatic carbocycles. The molecule has 1 aliphatic rings. The lowest BCUT2D eigenvalue weighted by molar-refractivity contribution is -0.119. The van der Waals surface area contributed by atoms with E-state index in [1.54, 1.807) is 11.8 Å². The summed E-state index contributed by atoms with van der Waals surface area (Å²) in [6.45, 7) is 0. The molecule has 0 aliphatic heterocycles. The molecule has 1 aromatic carbocycles. The first-order valence-electron chi connectivity index (χ1n) is 6.85. The number of hydrogen-bond acceptors (Lipinski definition) is 2. The van der Waals surface area contributed by atoms with Gasteiger partial charge in [0.15, 0.2) is 0 Å². The summed E-state index contributed by atoms with van der Waals surface area (Å²) >= 11 is 5.10. The maximum Gasteiger partial charge on any atom is 0.230 e.